The molecule has 1 aliphatic rings. The van der Waals surface area contributed by atoms with Crippen molar-refractivity contribution in [2.75, 3.05) is 18.1 Å². The van der Waals surface area contributed by atoms with E-state index in [2.05, 4.69) is 28.9 Å². The second kappa shape index (κ2) is 7.32. The summed E-state index contributed by atoms with van der Waals surface area (Å²) >= 11 is 0. The van der Waals surface area contributed by atoms with E-state index in [-0.39, 0.29) is 17.7 Å². The van der Waals surface area contributed by atoms with Crippen molar-refractivity contribution in [2.45, 2.75) is 19.1 Å². The first-order chi connectivity index (χ1) is 13.1. The summed E-state index contributed by atoms with van der Waals surface area (Å²) in [6.45, 7) is 3.31. The van der Waals surface area contributed by atoms with E-state index >= 15 is 0 Å². The van der Waals surface area contributed by atoms with Gasteiger partial charge in [0.15, 0.2) is 0 Å². The van der Waals surface area contributed by atoms with Crippen molar-refractivity contribution in [3.05, 3.63) is 76.8 Å². The maximum Gasteiger partial charge on any atom is 0.255 e. The number of nitrogens with zero attached hydrogens (tertiary/aromatic N) is 4. The van der Waals surface area contributed by atoms with E-state index in [1.807, 2.05) is 30.3 Å². The van der Waals surface area contributed by atoms with Gasteiger partial charge in [-0.1, -0.05) is 30.3 Å². The Morgan fingerprint density at radius 1 is 1.11 bits per heavy atom. The quantitative estimate of drug-likeness (QED) is 0.717. The largest absolute Gasteiger partial charge is 0.370 e. The average molecular weight is 362 g/mol. The molecule has 2 atom stereocenters. The van der Waals surface area contributed by atoms with Crippen molar-refractivity contribution in [3.8, 4) is 11.3 Å². The third-order valence-electron chi connectivity index (χ3n) is 4.95. The first-order valence-corrected chi connectivity index (χ1v) is 9.05. The molecule has 6 heteroatoms. The number of morpholine rings is 1. The SMILES string of the molecule is C[C@@H]1CO[C@H](c2ccccc2)CN1c1nc(-c2ccncc2)cc(=O)n1C. The van der Waals surface area contributed by atoms with E-state index < -0.39 is 0 Å². The Balaban J connectivity index is 1.72. The first kappa shape index (κ1) is 17.4. The van der Waals surface area contributed by atoms with Gasteiger partial charge in [-0.2, -0.15) is 0 Å². The summed E-state index contributed by atoms with van der Waals surface area (Å²) in [6, 6.07) is 15.6. The van der Waals surface area contributed by atoms with Crippen LogP contribution < -0.4 is 10.5 Å². The van der Waals surface area contributed by atoms with Crippen molar-refractivity contribution < 1.29 is 4.74 Å². The molecule has 4 rings (SSSR count). The summed E-state index contributed by atoms with van der Waals surface area (Å²) in [5.41, 5.74) is 2.58. The monoisotopic (exact) mass is 362 g/mol. The summed E-state index contributed by atoms with van der Waals surface area (Å²) < 4.78 is 7.65. The van der Waals surface area contributed by atoms with E-state index in [0.717, 1.165) is 11.1 Å². The van der Waals surface area contributed by atoms with Crippen molar-refractivity contribution in [1.82, 2.24) is 14.5 Å². The fourth-order valence-electron chi connectivity index (χ4n) is 3.36. The summed E-state index contributed by atoms with van der Waals surface area (Å²) in [7, 11) is 1.76. The molecule has 1 fully saturated rings. The molecule has 0 saturated carbocycles. The van der Waals surface area contributed by atoms with Gasteiger partial charge < -0.3 is 9.64 Å². The number of ether oxygens (including phenoxy) is 1. The Bertz CT molecular complexity index is 972. The minimum Gasteiger partial charge on any atom is -0.370 e. The van der Waals surface area contributed by atoms with Crippen LogP contribution in [0.1, 0.15) is 18.6 Å². The number of benzene rings is 1. The van der Waals surface area contributed by atoms with Crippen molar-refractivity contribution in [3.63, 3.8) is 0 Å². The molecule has 3 heterocycles. The molecule has 138 valence electrons. The molecule has 0 N–H and O–H groups in total. The lowest BCUT2D eigenvalue weighted by atomic mass is 10.1. The highest BCUT2D eigenvalue weighted by Crippen LogP contribution is 2.28. The molecule has 0 bridgehead atoms. The van der Waals surface area contributed by atoms with Crippen LogP contribution in [0, 0.1) is 0 Å². The summed E-state index contributed by atoms with van der Waals surface area (Å²) in [5.74, 6) is 0.658. The average Bonchev–Trinajstić information content (AvgIpc) is 2.72. The minimum atomic E-state index is -0.0817. The topological polar surface area (TPSA) is 60.2 Å². The fraction of sp³-hybridized carbons (Fsp3) is 0.286. The highest BCUT2D eigenvalue weighted by Gasteiger charge is 2.29. The molecule has 1 aromatic carbocycles. The Labute approximate surface area is 158 Å². The molecule has 1 saturated heterocycles. The zero-order valence-electron chi connectivity index (χ0n) is 15.4. The molecular formula is C21H22N4O2. The fourth-order valence-corrected chi connectivity index (χ4v) is 3.36. The second-order valence-corrected chi connectivity index (χ2v) is 6.81. The summed E-state index contributed by atoms with van der Waals surface area (Å²) in [5, 5.41) is 0. The van der Waals surface area contributed by atoms with Gasteiger partial charge in [0.05, 0.1) is 24.9 Å². The predicted octanol–water partition coefficient (Wildman–Crippen LogP) is 2.81. The molecule has 0 amide bonds. The number of hydrogen-bond acceptors (Lipinski definition) is 5. The zero-order valence-corrected chi connectivity index (χ0v) is 15.4. The number of aromatic nitrogens is 3. The highest BCUT2D eigenvalue weighted by molar-refractivity contribution is 5.59. The summed E-state index contributed by atoms with van der Waals surface area (Å²) in [6.07, 6.45) is 3.36. The molecule has 6 nitrogen and oxygen atoms in total. The minimum absolute atomic E-state index is 0.0520. The van der Waals surface area contributed by atoms with Crippen LogP contribution >= 0.6 is 0 Å². The molecule has 3 aromatic rings. The third-order valence-corrected chi connectivity index (χ3v) is 4.95. The standard InChI is InChI=1S/C21H22N4O2/c1-15-14-27-19(17-6-4-3-5-7-17)13-25(15)21-23-18(12-20(26)24(21)2)16-8-10-22-11-9-16/h3-12,15,19H,13-14H2,1-2H3/t15-,19+/m1/s1. The lowest BCUT2D eigenvalue weighted by molar-refractivity contribution is 0.0206. The van der Waals surface area contributed by atoms with Gasteiger partial charge in [-0.15, -0.1) is 0 Å². The van der Waals surface area contributed by atoms with Crippen LogP contribution in [-0.4, -0.2) is 33.7 Å². The smallest absolute Gasteiger partial charge is 0.255 e. The Kier molecular flexibility index (Phi) is 4.73. The lowest BCUT2D eigenvalue weighted by Gasteiger charge is -2.39. The number of rotatable bonds is 3. The van der Waals surface area contributed by atoms with E-state index in [1.165, 1.54) is 0 Å². The van der Waals surface area contributed by atoms with Gasteiger partial charge in [0, 0.05) is 31.1 Å². The van der Waals surface area contributed by atoms with Crippen molar-refractivity contribution in [2.24, 2.45) is 7.05 Å². The van der Waals surface area contributed by atoms with E-state index in [4.69, 9.17) is 9.72 Å². The number of anilines is 1. The maximum absolute atomic E-state index is 12.6. The van der Waals surface area contributed by atoms with Crippen LogP contribution in [0.3, 0.4) is 0 Å². The number of pyridine rings is 1. The van der Waals surface area contributed by atoms with Gasteiger partial charge >= 0.3 is 0 Å². The lowest BCUT2D eigenvalue weighted by Crippen LogP contribution is -2.47. The highest BCUT2D eigenvalue weighted by atomic mass is 16.5. The van der Waals surface area contributed by atoms with Gasteiger partial charge in [0.2, 0.25) is 5.95 Å². The van der Waals surface area contributed by atoms with Crippen LogP contribution in [0.25, 0.3) is 11.3 Å². The van der Waals surface area contributed by atoms with Gasteiger partial charge in [-0.05, 0) is 24.6 Å². The van der Waals surface area contributed by atoms with Crippen molar-refractivity contribution in [1.29, 1.82) is 0 Å². The molecule has 0 spiro atoms. The van der Waals surface area contributed by atoms with Gasteiger partial charge in [-0.3, -0.25) is 14.3 Å². The Hall–Kier alpha value is -2.99. The van der Waals surface area contributed by atoms with Gasteiger partial charge in [0.25, 0.3) is 5.56 Å². The van der Waals surface area contributed by atoms with Crippen LogP contribution in [0.5, 0.6) is 0 Å². The van der Waals surface area contributed by atoms with Crippen molar-refractivity contribution >= 4 is 5.95 Å². The van der Waals surface area contributed by atoms with Crippen LogP contribution in [0.4, 0.5) is 5.95 Å². The molecule has 2 aromatic heterocycles. The molecule has 1 aliphatic heterocycles. The number of hydrogen-bond donors (Lipinski definition) is 0. The van der Waals surface area contributed by atoms with Gasteiger partial charge in [-0.25, -0.2) is 4.98 Å². The molecule has 27 heavy (non-hydrogen) atoms. The van der Waals surface area contributed by atoms with E-state index in [0.29, 0.717) is 24.8 Å². The summed E-state index contributed by atoms with van der Waals surface area (Å²) in [4.78, 5) is 23.6. The normalized spacial score (nSPS) is 19.9. The van der Waals surface area contributed by atoms with Gasteiger partial charge in [0.1, 0.15) is 6.10 Å². The molecule has 0 unspecified atom stereocenters. The predicted molar refractivity (Wildman–Crippen MR) is 105 cm³/mol. The maximum atomic E-state index is 12.6. The van der Waals surface area contributed by atoms with E-state index in [9.17, 15) is 4.79 Å². The zero-order chi connectivity index (χ0) is 18.8. The van der Waals surface area contributed by atoms with Crippen LogP contribution in [0.15, 0.2) is 65.7 Å². The molecular weight excluding hydrogens is 340 g/mol. The van der Waals surface area contributed by atoms with Crippen LogP contribution in [0.2, 0.25) is 0 Å². The third kappa shape index (κ3) is 3.48. The second-order valence-electron chi connectivity index (χ2n) is 6.81. The first-order valence-electron chi connectivity index (χ1n) is 9.05. The Morgan fingerprint density at radius 3 is 2.59 bits per heavy atom. The van der Waals surface area contributed by atoms with E-state index in [1.54, 1.807) is 30.1 Å². The molecule has 0 aliphatic carbocycles. The van der Waals surface area contributed by atoms with Crippen LogP contribution in [-0.2, 0) is 11.8 Å². The molecule has 0 radical (unpaired) electrons. The Morgan fingerprint density at radius 2 is 1.85 bits per heavy atom.